The summed E-state index contributed by atoms with van der Waals surface area (Å²) in [7, 11) is 0. The van der Waals surface area contributed by atoms with E-state index in [4.69, 9.17) is 4.74 Å². The summed E-state index contributed by atoms with van der Waals surface area (Å²) < 4.78 is 5.75. The van der Waals surface area contributed by atoms with E-state index in [1.807, 2.05) is 54.6 Å². The summed E-state index contributed by atoms with van der Waals surface area (Å²) in [5, 5.41) is 13.6. The van der Waals surface area contributed by atoms with Gasteiger partial charge in [-0.3, -0.25) is 0 Å². The molecule has 0 unspecified atom stereocenters. The van der Waals surface area contributed by atoms with Crippen LogP contribution in [0.15, 0.2) is 54.6 Å². The van der Waals surface area contributed by atoms with Crippen LogP contribution >= 0.6 is 0 Å². The maximum atomic E-state index is 10.3. The van der Waals surface area contributed by atoms with E-state index in [2.05, 4.69) is 5.32 Å². The molecular formula is C18H21NO2. The Labute approximate surface area is 125 Å². The van der Waals surface area contributed by atoms with Crippen molar-refractivity contribution in [3.8, 4) is 11.5 Å². The average Bonchev–Trinajstić information content (AvgIpc) is 2.95. The molecule has 0 bridgehead atoms. The summed E-state index contributed by atoms with van der Waals surface area (Å²) >= 11 is 0. The molecule has 0 saturated heterocycles. The molecule has 1 aliphatic rings. The Morgan fingerprint density at radius 2 is 1.52 bits per heavy atom. The lowest BCUT2D eigenvalue weighted by molar-refractivity contribution is 0.0615. The first-order valence-electron chi connectivity index (χ1n) is 7.53. The Morgan fingerprint density at radius 3 is 2.19 bits per heavy atom. The highest BCUT2D eigenvalue weighted by molar-refractivity contribution is 5.47. The van der Waals surface area contributed by atoms with Gasteiger partial charge in [-0.25, -0.2) is 0 Å². The average molecular weight is 283 g/mol. The van der Waals surface area contributed by atoms with Gasteiger partial charge in [0.15, 0.2) is 0 Å². The van der Waals surface area contributed by atoms with Crippen LogP contribution in [-0.2, 0) is 0 Å². The Morgan fingerprint density at radius 1 is 0.905 bits per heavy atom. The Balaban J connectivity index is 1.56. The molecule has 2 N–H and O–H groups in total. The molecule has 2 aromatic carbocycles. The van der Waals surface area contributed by atoms with Gasteiger partial charge < -0.3 is 15.2 Å². The summed E-state index contributed by atoms with van der Waals surface area (Å²) in [4.78, 5) is 0. The third-order valence-electron chi connectivity index (χ3n) is 3.99. The van der Waals surface area contributed by atoms with Gasteiger partial charge in [-0.2, -0.15) is 0 Å². The normalized spacial score (nSPS) is 16.6. The second-order valence-electron chi connectivity index (χ2n) is 5.72. The highest BCUT2D eigenvalue weighted by Crippen LogP contribution is 2.30. The molecule has 1 saturated carbocycles. The minimum absolute atomic E-state index is 0.529. The SMILES string of the molecule is OC1(CNc2ccc(Oc3ccccc3)cc2)CCCC1. The second kappa shape index (κ2) is 6.19. The molecule has 110 valence electrons. The monoisotopic (exact) mass is 283 g/mol. The lowest BCUT2D eigenvalue weighted by Crippen LogP contribution is -2.33. The van der Waals surface area contributed by atoms with Crippen LogP contribution in [0, 0.1) is 0 Å². The minimum Gasteiger partial charge on any atom is -0.457 e. The number of hydrogen-bond acceptors (Lipinski definition) is 3. The van der Waals surface area contributed by atoms with Crippen molar-refractivity contribution >= 4 is 5.69 Å². The van der Waals surface area contributed by atoms with Crippen LogP contribution in [-0.4, -0.2) is 17.3 Å². The van der Waals surface area contributed by atoms with E-state index < -0.39 is 5.60 Å². The number of para-hydroxylation sites is 1. The third kappa shape index (κ3) is 3.76. The van der Waals surface area contributed by atoms with E-state index >= 15 is 0 Å². The van der Waals surface area contributed by atoms with Crippen LogP contribution in [0.3, 0.4) is 0 Å². The Hall–Kier alpha value is -2.00. The van der Waals surface area contributed by atoms with E-state index in [1.54, 1.807) is 0 Å². The summed E-state index contributed by atoms with van der Waals surface area (Å²) in [5.74, 6) is 1.64. The van der Waals surface area contributed by atoms with Crippen molar-refractivity contribution in [3.05, 3.63) is 54.6 Å². The highest BCUT2D eigenvalue weighted by Gasteiger charge is 2.30. The van der Waals surface area contributed by atoms with Gasteiger partial charge in [0, 0.05) is 12.2 Å². The predicted octanol–water partition coefficient (Wildman–Crippen LogP) is 4.20. The predicted molar refractivity (Wildman–Crippen MR) is 84.9 cm³/mol. The van der Waals surface area contributed by atoms with E-state index in [9.17, 15) is 5.11 Å². The first-order valence-corrected chi connectivity index (χ1v) is 7.53. The molecule has 0 aliphatic heterocycles. The fourth-order valence-corrected chi connectivity index (χ4v) is 2.74. The molecule has 0 aromatic heterocycles. The van der Waals surface area contributed by atoms with Crippen molar-refractivity contribution in [2.75, 3.05) is 11.9 Å². The topological polar surface area (TPSA) is 41.5 Å². The summed E-state index contributed by atoms with van der Waals surface area (Å²) in [6.45, 7) is 0.617. The van der Waals surface area contributed by atoms with Crippen molar-refractivity contribution in [3.63, 3.8) is 0 Å². The van der Waals surface area contributed by atoms with Crippen LogP contribution in [0.2, 0.25) is 0 Å². The molecule has 1 aliphatic carbocycles. The number of rotatable bonds is 5. The highest BCUT2D eigenvalue weighted by atomic mass is 16.5. The smallest absolute Gasteiger partial charge is 0.127 e. The number of aliphatic hydroxyl groups is 1. The molecule has 0 spiro atoms. The maximum Gasteiger partial charge on any atom is 0.127 e. The van der Waals surface area contributed by atoms with E-state index in [-0.39, 0.29) is 0 Å². The van der Waals surface area contributed by atoms with Crippen LogP contribution in [0.1, 0.15) is 25.7 Å². The van der Waals surface area contributed by atoms with Crippen molar-refractivity contribution < 1.29 is 9.84 Å². The second-order valence-corrected chi connectivity index (χ2v) is 5.72. The van der Waals surface area contributed by atoms with Gasteiger partial charge >= 0.3 is 0 Å². The van der Waals surface area contributed by atoms with Gasteiger partial charge in [-0.05, 0) is 49.2 Å². The van der Waals surface area contributed by atoms with Gasteiger partial charge in [0.05, 0.1) is 5.60 Å². The van der Waals surface area contributed by atoms with E-state index in [1.165, 1.54) is 0 Å². The number of nitrogens with one attached hydrogen (secondary N) is 1. The molecule has 3 nitrogen and oxygen atoms in total. The zero-order valence-electron chi connectivity index (χ0n) is 12.1. The van der Waals surface area contributed by atoms with Crippen LogP contribution in [0.4, 0.5) is 5.69 Å². The van der Waals surface area contributed by atoms with Crippen molar-refractivity contribution in [1.82, 2.24) is 0 Å². The molecule has 21 heavy (non-hydrogen) atoms. The minimum atomic E-state index is -0.529. The van der Waals surface area contributed by atoms with Gasteiger partial charge in [-0.1, -0.05) is 31.0 Å². The summed E-state index contributed by atoms with van der Waals surface area (Å²) in [6.07, 6.45) is 4.05. The van der Waals surface area contributed by atoms with Crippen molar-refractivity contribution in [1.29, 1.82) is 0 Å². The zero-order valence-corrected chi connectivity index (χ0v) is 12.1. The summed E-state index contributed by atoms with van der Waals surface area (Å²) in [5.41, 5.74) is 0.481. The van der Waals surface area contributed by atoms with E-state index in [0.717, 1.165) is 42.9 Å². The van der Waals surface area contributed by atoms with Crippen molar-refractivity contribution in [2.45, 2.75) is 31.3 Å². The Kier molecular flexibility index (Phi) is 4.11. The quantitative estimate of drug-likeness (QED) is 0.864. The number of anilines is 1. The molecule has 0 heterocycles. The van der Waals surface area contributed by atoms with Crippen molar-refractivity contribution in [2.24, 2.45) is 0 Å². The molecular weight excluding hydrogens is 262 g/mol. The zero-order chi connectivity index (χ0) is 14.5. The lowest BCUT2D eigenvalue weighted by Gasteiger charge is -2.23. The first-order chi connectivity index (χ1) is 10.2. The molecule has 2 aromatic rings. The number of hydrogen-bond donors (Lipinski definition) is 2. The molecule has 1 fully saturated rings. The largest absolute Gasteiger partial charge is 0.457 e. The Bertz CT molecular complexity index is 560. The van der Waals surface area contributed by atoms with Crippen LogP contribution in [0.25, 0.3) is 0 Å². The molecule has 0 atom stereocenters. The van der Waals surface area contributed by atoms with Gasteiger partial charge in [0.25, 0.3) is 0 Å². The number of ether oxygens (including phenoxy) is 1. The standard InChI is InChI=1S/C18H21NO2/c20-18(12-4-5-13-18)14-19-15-8-10-17(11-9-15)21-16-6-2-1-3-7-16/h1-3,6-11,19-20H,4-5,12-14H2. The fourth-order valence-electron chi connectivity index (χ4n) is 2.74. The fraction of sp³-hybridized carbons (Fsp3) is 0.333. The molecule has 0 amide bonds. The van der Waals surface area contributed by atoms with Gasteiger partial charge in [-0.15, -0.1) is 0 Å². The van der Waals surface area contributed by atoms with Crippen LogP contribution in [0.5, 0.6) is 11.5 Å². The summed E-state index contributed by atoms with van der Waals surface area (Å²) in [6, 6.07) is 17.6. The lowest BCUT2D eigenvalue weighted by atomic mass is 10.0. The van der Waals surface area contributed by atoms with Gasteiger partial charge in [0.2, 0.25) is 0 Å². The molecule has 3 rings (SSSR count). The molecule has 0 radical (unpaired) electrons. The molecule has 3 heteroatoms. The first kappa shape index (κ1) is 14.0. The van der Waals surface area contributed by atoms with Crippen LogP contribution < -0.4 is 10.1 Å². The maximum absolute atomic E-state index is 10.3. The van der Waals surface area contributed by atoms with E-state index in [0.29, 0.717) is 6.54 Å². The van der Waals surface area contributed by atoms with Gasteiger partial charge in [0.1, 0.15) is 11.5 Å². The third-order valence-corrected chi connectivity index (χ3v) is 3.99. The number of benzene rings is 2.